The first-order valence-corrected chi connectivity index (χ1v) is 13.9. The summed E-state index contributed by atoms with van der Waals surface area (Å²) in [4.78, 5) is 26.1. The molecule has 0 aliphatic heterocycles. The first kappa shape index (κ1) is 28.5. The van der Waals surface area contributed by atoms with Crippen LogP contribution in [0.15, 0.2) is 42.1 Å². The number of thiophene rings is 1. The van der Waals surface area contributed by atoms with E-state index in [2.05, 4.69) is 48.1 Å². The van der Waals surface area contributed by atoms with Crippen molar-refractivity contribution >= 4 is 40.0 Å². The number of ether oxygens (including phenoxy) is 2. The highest BCUT2D eigenvalue weighted by Gasteiger charge is 2.24. The summed E-state index contributed by atoms with van der Waals surface area (Å²) in [5, 5.41) is 12.6. The van der Waals surface area contributed by atoms with E-state index < -0.39 is 5.97 Å². The van der Waals surface area contributed by atoms with Crippen molar-refractivity contribution in [2.45, 2.75) is 64.8 Å². The van der Waals surface area contributed by atoms with Gasteiger partial charge in [0.1, 0.15) is 10.8 Å². The molecule has 37 heavy (non-hydrogen) atoms. The maximum absolute atomic E-state index is 12.8. The number of esters is 1. The number of benzene rings is 1. The normalized spacial score (nSPS) is 11.9. The molecule has 0 saturated heterocycles. The molecule has 1 aromatic carbocycles. The molecule has 1 N–H and O–H groups in total. The average molecular weight is 543 g/mol. The Hall–Kier alpha value is -3.11. The van der Waals surface area contributed by atoms with Gasteiger partial charge in [-0.2, -0.15) is 0 Å². The average Bonchev–Trinajstić information content (AvgIpc) is 3.42. The number of carbonyl (C=O) groups is 2. The van der Waals surface area contributed by atoms with E-state index in [-0.39, 0.29) is 17.8 Å². The van der Waals surface area contributed by atoms with Crippen molar-refractivity contribution in [3.05, 3.63) is 64.3 Å². The molecule has 0 aliphatic rings. The Labute approximate surface area is 226 Å². The van der Waals surface area contributed by atoms with Gasteiger partial charge in [0, 0.05) is 11.4 Å². The monoisotopic (exact) mass is 542 g/mol. The highest BCUT2D eigenvalue weighted by molar-refractivity contribution is 7.99. The van der Waals surface area contributed by atoms with E-state index in [9.17, 15) is 9.59 Å². The molecule has 1 unspecified atom stereocenters. The Bertz CT molecular complexity index is 1250. The van der Waals surface area contributed by atoms with Gasteiger partial charge in [0.2, 0.25) is 5.91 Å². The number of aromatic nitrogens is 3. The molecule has 2 heterocycles. The van der Waals surface area contributed by atoms with E-state index in [0.29, 0.717) is 40.4 Å². The van der Waals surface area contributed by atoms with Gasteiger partial charge in [-0.1, -0.05) is 50.7 Å². The predicted octanol–water partition coefficient (Wildman–Crippen LogP) is 6.18. The molecule has 3 aromatic rings. The zero-order valence-electron chi connectivity index (χ0n) is 22.2. The van der Waals surface area contributed by atoms with Crippen LogP contribution in [0.4, 0.5) is 5.00 Å². The fourth-order valence-corrected chi connectivity index (χ4v) is 5.80. The van der Waals surface area contributed by atoms with E-state index in [0.717, 1.165) is 16.2 Å². The van der Waals surface area contributed by atoms with Crippen LogP contribution in [0.2, 0.25) is 0 Å². The smallest absolute Gasteiger partial charge is 0.341 e. The van der Waals surface area contributed by atoms with Crippen LogP contribution < -0.4 is 10.1 Å². The second-order valence-corrected chi connectivity index (χ2v) is 10.9. The lowest BCUT2D eigenvalue weighted by Gasteiger charge is -2.16. The summed E-state index contributed by atoms with van der Waals surface area (Å²) in [7, 11) is 1.34. The third kappa shape index (κ3) is 6.81. The van der Waals surface area contributed by atoms with Crippen molar-refractivity contribution < 1.29 is 19.1 Å². The van der Waals surface area contributed by atoms with Gasteiger partial charge in [0.15, 0.2) is 17.1 Å². The molecule has 198 valence electrons. The molecule has 0 spiro atoms. The molecule has 8 nitrogen and oxygen atoms in total. The lowest BCUT2D eigenvalue weighted by Crippen LogP contribution is -2.17. The van der Waals surface area contributed by atoms with Crippen LogP contribution in [-0.4, -0.2) is 39.5 Å². The number of aryl methyl sites for hydroxylation is 1. The number of hydrogen-bond donors (Lipinski definition) is 1. The minimum Gasteiger partial charge on any atom is -0.483 e. The van der Waals surface area contributed by atoms with Crippen LogP contribution in [0, 0.1) is 6.92 Å². The Morgan fingerprint density at radius 1 is 1.22 bits per heavy atom. The molecule has 0 radical (unpaired) electrons. The highest BCUT2D eigenvalue weighted by atomic mass is 32.2. The van der Waals surface area contributed by atoms with Crippen molar-refractivity contribution in [2.75, 3.05) is 18.2 Å². The minimum absolute atomic E-state index is 0.0974. The first-order chi connectivity index (χ1) is 17.7. The Balaban J connectivity index is 1.71. The molecule has 0 aliphatic carbocycles. The summed E-state index contributed by atoms with van der Waals surface area (Å²) in [6.07, 6.45) is 2.07. The standard InChI is InChI=1S/C27H34N4O4S2/c1-8-14-31-24(17(5)35-20-12-10-19(11-13-20)16(3)4)29-30-27(31)36-15-22(32)28-25-23(26(33)34-7)21(9-2)18(6)37-25/h8,10-13,16-17H,1,9,14-15H2,2-7H3,(H,28,32). The Morgan fingerprint density at radius 2 is 1.92 bits per heavy atom. The largest absolute Gasteiger partial charge is 0.483 e. The first-order valence-electron chi connectivity index (χ1n) is 12.1. The fraction of sp³-hybridized carbons (Fsp3) is 0.407. The second-order valence-electron chi connectivity index (χ2n) is 8.75. The third-order valence-corrected chi connectivity index (χ3v) is 7.85. The zero-order chi connectivity index (χ0) is 27.1. The van der Waals surface area contributed by atoms with Crippen molar-refractivity contribution in [1.82, 2.24) is 14.8 Å². The van der Waals surface area contributed by atoms with Gasteiger partial charge in [0.25, 0.3) is 0 Å². The number of methoxy groups -OCH3 is 1. The SMILES string of the molecule is C=CCn1c(SCC(=O)Nc2sc(C)c(CC)c2C(=O)OC)nnc1C(C)Oc1ccc(C(C)C)cc1. The third-order valence-electron chi connectivity index (χ3n) is 5.82. The number of rotatable bonds is 12. The Morgan fingerprint density at radius 3 is 2.51 bits per heavy atom. The van der Waals surface area contributed by atoms with Gasteiger partial charge in [0.05, 0.1) is 18.4 Å². The molecule has 2 aromatic heterocycles. The summed E-state index contributed by atoms with van der Waals surface area (Å²) in [5.41, 5.74) is 2.56. The number of allylic oxidation sites excluding steroid dienone is 1. The summed E-state index contributed by atoms with van der Waals surface area (Å²) >= 11 is 2.64. The summed E-state index contributed by atoms with van der Waals surface area (Å²) in [6, 6.07) is 8.04. The second kappa shape index (κ2) is 12.9. The van der Waals surface area contributed by atoms with Crippen molar-refractivity contribution in [1.29, 1.82) is 0 Å². The minimum atomic E-state index is -0.452. The van der Waals surface area contributed by atoms with E-state index in [1.807, 2.05) is 37.5 Å². The maximum atomic E-state index is 12.8. The van der Waals surface area contributed by atoms with Gasteiger partial charge in [-0.05, 0) is 49.4 Å². The fourth-order valence-electron chi connectivity index (χ4n) is 3.90. The molecule has 3 rings (SSSR count). The summed E-state index contributed by atoms with van der Waals surface area (Å²) in [5.74, 6) is 1.24. The lowest BCUT2D eigenvalue weighted by molar-refractivity contribution is -0.113. The number of amides is 1. The van der Waals surface area contributed by atoms with Crippen LogP contribution in [0.5, 0.6) is 5.75 Å². The maximum Gasteiger partial charge on any atom is 0.341 e. The highest BCUT2D eigenvalue weighted by Crippen LogP contribution is 2.34. The summed E-state index contributed by atoms with van der Waals surface area (Å²) in [6.45, 7) is 14.4. The van der Waals surface area contributed by atoms with Gasteiger partial charge in [-0.25, -0.2) is 4.79 Å². The van der Waals surface area contributed by atoms with Crippen molar-refractivity contribution in [2.24, 2.45) is 0 Å². The van der Waals surface area contributed by atoms with E-state index >= 15 is 0 Å². The van der Waals surface area contributed by atoms with Gasteiger partial charge in [-0.3, -0.25) is 9.36 Å². The predicted molar refractivity (Wildman–Crippen MR) is 149 cm³/mol. The van der Waals surface area contributed by atoms with E-state index in [1.54, 1.807) is 6.08 Å². The van der Waals surface area contributed by atoms with Gasteiger partial charge < -0.3 is 14.8 Å². The molecule has 10 heteroatoms. The van der Waals surface area contributed by atoms with Crippen LogP contribution in [0.1, 0.15) is 71.9 Å². The summed E-state index contributed by atoms with van der Waals surface area (Å²) < 4.78 is 13.0. The number of nitrogens with one attached hydrogen (secondary N) is 1. The number of thioether (sulfide) groups is 1. The number of carbonyl (C=O) groups excluding carboxylic acids is 2. The number of nitrogens with zero attached hydrogens (tertiary/aromatic N) is 3. The number of hydrogen-bond acceptors (Lipinski definition) is 8. The van der Waals surface area contributed by atoms with Gasteiger partial charge in [-0.15, -0.1) is 28.1 Å². The van der Waals surface area contributed by atoms with Crippen LogP contribution >= 0.6 is 23.1 Å². The lowest BCUT2D eigenvalue weighted by atomic mass is 10.0. The molecular weight excluding hydrogens is 508 g/mol. The molecule has 0 saturated carbocycles. The topological polar surface area (TPSA) is 95.3 Å². The number of anilines is 1. The Kier molecular flexibility index (Phi) is 9.93. The molecule has 1 atom stereocenters. The van der Waals surface area contributed by atoms with Crippen molar-refractivity contribution in [3.8, 4) is 5.75 Å². The molecule has 0 fully saturated rings. The zero-order valence-corrected chi connectivity index (χ0v) is 23.8. The molecule has 1 amide bonds. The van der Waals surface area contributed by atoms with Crippen LogP contribution in [-0.2, 0) is 22.5 Å². The van der Waals surface area contributed by atoms with Crippen molar-refractivity contribution in [3.63, 3.8) is 0 Å². The van der Waals surface area contributed by atoms with E-state index in [1.165, 1.54) is 35.8 Å². The molecule has 0 bridgehead atoms. The molecular formula is C27H34N4O4S2. The quantitative estimate of drug-likeness (QED) is 0.166. The van der Waals surface area contributed by atoms with Crippen LogP contribution in [0.25, 0.3) is 0 Å². The van der Waals surface area contributed by atoms with Crippen LogP contribution in [0.3, 0.4) is 0 Å². The van der Waals surface area contributed by atoms with E-state index in [4.69, 9.17) is 9.47 Å². The van der Waals surface area contributed by atoms with Gasteiger partial charge >= 0.3 is 5.97 Å².